The van der Waals surface area contributed by atoms with Gasteiger partial charge in [0.05, 0.1) is 6.07 Å². The van der Waals surface area contributed by atoms with E-state index in [2.05, 4.69) is 5.32 Å². The second kappa shape index (κ2) is 6.95. The van der Waals surface area contributed by atoms with Gasteiger partial charge in [0.1, 0.15) is 18.9 Å². The first-order valence-corrected chi connectivity index (χ1v) is 6.21. The molecule has 0 spiro atoms. The van der Waals surface area contributed by atoms with E-state index < -0.39 is 0 Å². The van der Waals surface area contributed by atoms with Gasteiger partial charge in [0.2, 0.25) is 0 Å². The lowest BCUT2D eigenvalue weighted by Gasteiger charge is -2.07. The molecule has 100 valence electrons. The smallest absolute Gasteiger partial charge is 0.252 e. The van der Waals surface area contributed by atoms with Gasteiger partial charge in [0.25, 0.3) is 5.91 Å². The zero-order valence-electron chi connectivity index (χ0n) is 10.9. The lowest BCUT2D eigenvalue weighted by molar-refractivity contribution is 0.0958. The van der Waals surface area contributed by atoms with Gasteiger partial charge in [-0.25, -0.2) is 0 Å². The van der Waals surface area contributed by atoms with Gasteiger partial charge in [0.15, 0.2) is 0 Å². The molecule has 2 aromatic rings. The van der Waals surface area contributed by atoms with E-state index in [0.29, 0.717) is 17.9 Å². The van der Waals surface area contributed by atoms with E-state index in [1.54, 1.807) is 24.3 Å². The van der Waals surface area contributed by atoms with Crippen molar-refractivity contribution in [3.63, 3.8) is 0 Å². The molecule has 0 fully saturated rings. The number of nitriles is 1. The maximum atomic E-state index is 11.6. The molecule has 1 amide bonds. The largest absolute Gasteiger partial charge is 0.489 e. The summed E-state index contributed by atoms with van der Waals surface area (Å²) in [4.78, 5) is 11.6. The Kier molecular flexibility index (Phi) is 4.74. The molecule has 0 aliphatic heterocycles. The van der Waals surface area contributed by atoms with E-state index in [-0.39, 0.29) is 12.5 Å². The second-order valence-corrected chi connectivity index (χ2v) is 4.14. The van der Waals surface area contributed by atoms with Crippen LogP contribution in [-0.4, -0.2) is 12.5 Å². The molecule has 0 bridgehead atoms. The van der Waals surface area contributed by atoms with Crippen LogP contribution in [0.15, 0.2) is 54.6 Å². The lowest BCUT2D eigenvalue weighted by atomic mass is 10.2. The van der Waals surface area contributed by atoms with E-state index >= 15 is 0 Å². The average Bonchev–Trinajstić information content (AvgIpc) is 2.52. The number of benzene rings is 2. The Morgan fingerprint density at radius 1 is 1.10 bits per heavy atom. The van der Waals surface area contributed by atoms with Crippen molar-refractivity contribution in [3.8, 4) is 11.8 Å². The van der Waals surface area contributed by atoms with Crippen LogP contribution in [0, 0.1) is 11.3 Å². The number of hydrogen-bond donors (Lipinski definition) is 1. The third kappa shape index (κ3) is 3.85. The van der Waals surface area contributed by atoms with Crippen LogP contribution >= 0.6 is 0 Å². The van der Waals surface area contributed by atoms with Gasteiger partial charge >= 0.3 is 0 Å². The lowest BCUT2D eigenvalue weighted by Crippen LogP contribution is -2.23. The maximum absolute atomic E-state index is 11.6. The minimum atomic E-state index is -0.263. The number of ether oxygens (including phenoxy) is 1. The highest BCUT2D eigenvalue weighted by Gasteiger charge is 2.04. The normalized spacial score (nSPS) is 9.55. The van der Waals surface area contributed by atoms with Crippen molar-refractivity contribution in [2.75, 3.05) is 6.54 Å². The van der Waals surface area contributed by atoms with Crippen LogP contribution in [0.25, 0.3) is 0 Å². The summed E-state index contributed by atoms with van der Waals surface area (Å²) in [5.41, 5.74) is 1.59. The Hall–Kier alpha value is -2.80. The summed E-state index contributed by atoms with van der Waals surface area (Å²) in [6.07, 6.45) is 0. The van der Waals surface area contributed by atoms with E-state index in [9.17, 15) is 4.79 Å². The summed E-state index contributed by atoms with van der Waals surface area (Å²) < 4.78 is 5.62. The number of nitrogens with zero attached hydrogens (tertiary/aromatic N) is 1. The highest BCUT2D eigenvalue weighted by Crippen LogP contribution is 2.14. The number of amides is 1. The number of carbonyl (C=O) groups is 1. The van der Waals surface area contributed by atoms with Gasteiger partial charge in [-0.2, -0.15) is 5.26 Å². The van der Waals surface area contributed by atoms with Crippen LogP contribution in [0.5, 0.6) is 5.75 Å². The molecule has 0 unspecified atom stereocenters. The number of rotatable bonds is 5. The first-order chi connectivity index (χ1) is 9.79. The molecular formula is C16H14N2O2. The molecule has 0 atom stereocenters. The quantitative estimate of drug-likeness (QED) is 0.846. The van der Waals surface area contributed by atoms with Gasteiger partial charge in [-0.15, -0.1) is 0 Å². The van der Waals surface area contributed by atoms with Crippen molar-refractivity contribution in [3.05, 3.63) is 65.7 Å². The third-order valence-electron chi connectivity index (χ3n) is 2.69. The molecule has 0 heterocycles. The first kappa shape index (κ1) is 13.6. The molecular weight excluding hydrogens is 252 g/mol. The highest BCUT2D eigenvalue weighted by molar-refractivity contribution is 5.94. The Morgan fingerprint density at radius 2 is 1.80 bits per heavy atom. The van der Waals surface area contributed by atoms with Crippen LogP contribution in [0.3, 0.4) is 0 Å². The van der Waals surface area contributed by atoms with Crippen molar-refractivity contribution < 1.29 is 9.53 Å². The molecule has 0 saturated heterocycles. The topological polar surface area (TPSA) is 62.1 Å². The first-order valence-electron chi connectivity index (χ1n) is 6.21. The molecule has 1 N–H and O–H groups in total. The van der Waals surface area contributed by atoms with E-state index in [4.69, 9.17) is 10.00 Å². The fourth-order valence-corrected chi connectivity index (χ4v) is 1.67. The summed E-state index contributed by atoms with van der Waals surface area (Å²) >= 11 is 0. The predicted octanol–water partition coefficient (Wildman–Crippen LogP) is 2.52. The molecule has 0 saturated carbocycles. The summed E-state index contributed by atoms with van der Waals surface area (Å²) in [7, 11) is 0. The Labute approximate surface area is 117 Å². The van der Waals surface area contributed by atoms with Gasteiger partial charge in [-0.05, 0) is 29.8 Å². The maximum Gasteiger partial charge on any atom is 0.252 e. The minimum absolute atomic E-state index is 0.00505. The molecule has 20 heavy (non-hydrogen) atoms. The van der Waals surface area contributed by atoms with Gasteiger partial charge in [0, 0.05) is 5.56 Å². The molecule has 2 rings (SSSR count). The summed E-state index contributed by atoms with van der Waals surface area (Å²) in [5, 5.41) is 10.9. The SMILES string of the molecule is N#CCNC(=O)c1ccc(OCc2ccccc2)cc1. The summed E-state index contributed by atoms with van der Waals surface area (Å²) in [6, 6.07) is 18.5. The van der Waals surface area contributed by atoms with Crippen molar-refractivity contribution in [2.24, 2.45) is 0 Å². The predicted molar refractivity (Wildman–Crippen MR) is 75.2 cm³/mol. The Bertz CT molecular complexity index is 601. The van der Waals surface area contributed by atoms with Crippen LogP contribution < -0.4 is 10.1 Å². The van der Waals surface area contributed by atoms with Crippen molar-refractivity contribution >= 4 is 5.91 Å². The van der Waals surface area contributed by atoms with E-state index in [1.165, 1.54) is 0 Å². The zero-order valence-corrected chi connectivity index (χ0v) is 10.9. The van der Waals surface area contributed by atoms with Crippen LogP contribution in [-0.2, 0) is 6.61 Å². The third-order valence-corrected chi connectivity index (χ3v) is 2.69. The van der Waals surface area contributed by atoms with Gasteiger partial charge in [-0.1, -0.05) is 30.3 Å². The highest BCUT2D eigenvalue weighted by atomic mass is 16.5. The fourth-order valence-electron chi connectivity index (χ4n) is 1.67. The molecule has 0 aliphatic carbocycles. The standard InChI is InChI=1S/C16H14N2O2/c17-10-11-18-16(19)14-6-8-15(9-7-14)20-12-13-4-2-1-3-5-13/h1-9H,11-12H2,(H,18,19). The molecule has 0 aromatic heterocycles. The van der Waals surface area contributed by atoms with E-state index in [0.717, 1.165) is 5.56 Å². The monoisotopic (exact) mass is 266 g/mol. The molecule has 0 aliphatic rings. The number of carbonyl (C=O) groups excluding carboxylic acids is 1. The van der Waals surface area contributed by atoms with Crippen molar-refractivity contribution in [2.45, 2.75) is 6.61 Å². The van der Waals surface area contributed by atoms with Crippen molar-refractivity contribution in [1.29, 1.82) is 5.26 Å². The zero-order chi connectivity index (χ0) is 14.2. The minimum Gasteiger partial charge on any atom is -0.489 e. The van der Waals surface area contributed by atoms with Gasteiger partial charge in [-0.3, -0.25) is 4.79 Å². The second-order valence-electron chi connectivity index (χ2n) is 4.14. The average molecular weight is 266 g/mol. The number of hydrogen-bond acceptors (Lipinski definition) is 3. The summed E-state index contributed by atoms with van der Waals surface area (Å²) in [6.45, 7) is 0.492. The van der Waals surface area contributed by atoms with Gasteiger partial charge < -0.3 is 10.1 Å². The van der Waals surface area contributed by atoms with Crippen LogP contribution in [0.2, 0.25) is 0 Å². The summed E-state index contributed by atoms with van der Waals surface area (Å²) in [5.74, 6) is 0.437. The molecule has 0 radical (unpaired) electrons. The van der Waals surface area contributed by atoms with Crippen molar-refractivity contribution in [1.82, 2.24) is 5.32 Å². The number of nitrogens with one attached hydrogen (secondary N) is 1. The van der Waals surface area contributed by atoms with Crippen LogP contribution in [0.1, 0.15) is 15.9 Å². The molecule has 4 nitrogen and oxygen atoms in total. The van der Waals surface area contributed by atoms with Crippen LogP contribution in [0.4, 0.5) is 0 Å². The molecule has 4 heteroatoms. The molecule has 2 aromatic carbocycles. The van der Waals surface area contributed by atoms with E-state index in [1.807, 2.05) is 36.4 Å². The fraction of sp³-hybridized carbons (Fsp3) is 0.125. The Morgan fingerprint density at radius 3 is 2.45 bits per heavy atom. The Balaban J connectivity index is 1.92.